The maximum absolute atomic E-state index is 14.2. The van der Waals surface area contributed by atoms with Crippen molar-refractivity contribution in [3.05, 3.63) is 35.4 Å². The second-order valence-electron chi connectivity index (χ2n) is 6.85. The summed E-state index contributed by atoms with van der Waals surface area (Å²) in [7, 11) is 0. The first-order valence-electron chi connectivity index (χ1n) is 9.03. The Bertz CT molecular complexity index is 524. The number of hydrogen-bond donors (Lipinski definition) is 1. The molecule has 2 aliphatic rings. The van der Waals surface area contributed by atoms with Gasteiger partial charge in [0.25, 0.3) is 0 Å². The number of rotatable bonds is 3. The van der Waals surface area contributed by atoms with E-state index in [1.165, 1.54) is 43.9 Å². The summed E-state index contributed by atoms with van der Waals surface area (Å²) in [6, 6.07) is 4.51. The molecule has 0 bridgehead atoms. The van der Waals surface area contributed by atoms with Gasteiger partial charge in [-0.1, -0.05) is 44.6 Å². The highest BCUT2D eigenvalue weighted by Crippen LogP contribution is 2.23. The molecule has 0 unspecified atom stereocenters. The number of hydrogen-bond acceptors (Lipinski definition) is 1. The van der Waals surface area contributed by atoms with Gasteiger partial charge < -0.3 is 5.32 Å². The van der Waals surface area contributed by atoms with Crippen LogP contribution in [0.25, 0.3) is 0 Å². The fraction of sp³-hybridized carbons (Fsp3) is 0.632. The summed E-state index contributed by atoms with van der Waals surface area (Å²) in [6.07, 6.45) is 11.3. The Morgan fingerprint density at radius 3 is 2.04 bits per heavy atom. The predicted molar refractivity (Wildman–Crippen MR) is 89.8 cm³/mol. The quantitative estimate of drug-likeness (QED) is 0.617. The van der Waals surface area contributed by atoms with E-state index < -0.39 is 11.6 Å². The van der Waals surface area contributed by atoms with Gasteiger partial charge in [0.2, 0.25) is 0 Å². The van der Waals surface area contributed by atoms with Crippen molar-refractivity contribution >= 4 is 5.84 Å². The van der Waals surface area contributed by atoms with Gasteiger partial charge in [-0.3, -0.25) is 4.99 Å². The molecule has 0 saturated heterocycles. The molecule has 0 atom stereocenters. The van der Waals surface area contributed by atoms with Crippen molar-refractivity contribution < 1.29 is 8.78 Å². The zero-order valence-electron chi connectivity index (χ0n) is 13.7. The van der Waals surface area contributed by atoms with Crippen LogP contribution in [0.15, 0.2) is 23.2 Å². The minimum atomic E-state index is -0.525. The molecule has 2 nitrogen and oxygen atoms in total. The maximum Gasteiger partial charge on any atom is 0.137 e. The van der Waals surface area contributed by atoms with Crippen LogP contribution in [0.2, 0.25) is 0 Å². The van der Waals surface area contributed by atoms with Crippen LogP contribution in [-0.4, -0.2) is 17.9 Å². The van der Waals surface area contributed by atoms with Crippen LogP contribution in [-0.2, 0) is 0 Å². The largest absolute Gasteiger partial charge is 0.367 e. The van der Waals surface area contributed by atoms with Gasteiger partial charge >= 0.3 is 0 Å². The Kier molecular flexibility index (Phi) is 5.63. The Balaban J connectivity index is 1.87. The molecule has 0 aromatic heterocycles. The number of nitrogens with one attached hydrogen (secondary N) is 1. The van der Waals surface area contributed by atoms with E-state index in [2.05, 4.69) is 5.32 Å². The second-order valence-corrected chi connectivity index (χ2v) is 6.85. The molecule has 0 radical (unpaired) electrons. The molecule has 2 fully saturated rings. The van der Waals surface area contributed by atoms with E-state index in [4.69, 9.17) is 4.99 Å². The van der Waals surface area contributed by atoms with E-state index in [1.54, 1.807) is 0 Å². The standard InChI is InChI=1S/C19H26F2N2/c20-16-12-7-13-17(21)18(16)19(22-14-8-3-1-4-9-14)23-15-10-5-2-6-11-15/h7,12-15H,1-6,8-11H2,(H,22,23). The van der Waals surface area contributed by atoms with E-state index >= 15 is 0 Å². The van der Waals surface area contributed by atoms with Gasteiger partial charge in [-0.25, -0.2) is 8.78 Å². The molecule has 0 aliphatic heterocycles. The fourth-order valence-corrected chi connectivity index (χ4v) is 3.73. The summed E-state index contributed by atoms with van der Waals surface area (Å²) in [5.74, 6) is -0.620. The second kappa shape index (κ2) is 7.89. The van der Waals surface area contributed by atoms with Crippen LogP contribution < -0.4 is 5.32 Å². The molecule has 2 aliphatic carbocycles. The lowest BCUT2D eigenvalue weighted by Crippen LogP contribution is -2.38. The van der Waals surface area contributed by atoms with Gasteiger partial charge in [0.15, 0.2) is 0 Å². The van der Waals surface area contributed by atoms with E-state index in [9.17, 15) is 8.78 Å². The molecule has 0 heterocycles. The smallest absolute Gasteiger partial charge is 0.137 e. The molecule has 1 aromatic carbocycles. The van der Waals surface area contributed by atoms with E-state index in [-0.39, 0.29) is 17.6 Å². The van der Waals surface area contributed by atoms with Crippen LogP contribution in [0.4, 0.5) is 8.78 Å². The number of halogens is 2. The molecule has 1 aromatic rings. The highest BCUT2D eigenvalue weighted by molar-refractivity contribution is 5.99. The summed E-state index contributed by atoms with van der Waals surface area (Å²) in [6.45, 7) is 0. The van der Waals surface area contributed by atoms with E-state index in [1.807, 2.05) is 0 Å². The fourth-order valence-electron chi connectivity index (χ4n) is 3.73. The number of benzene rings is 1. The molecule has 126 valence electrons. The van der Waals surface area contributed by atoms with Gasteiger partial charge in [-0.15, -0.1) is 0 Å². The summed E-state index contributed by atoms with van der Waals surface area (Å²) < 4.78 is 28.5. The molecule has 1 N–H and O–H groups in total. The van der Waals surface area contributed by atoms with Crippen molar-refractivity contribution in [2.75, 3.05) is 0 Å². The van der Waals surface area contributed by atoms with Crippen LogP contribution in [0.3, 0.4) is 0 Å². The van der Waals surface area contributed by atoms with Crippen LogP contribution >= 0.6 is 0 Å². The number of nitrogens with zero attached hydrogens (tertiary/aromatic N) is 1. The monoisotopic (exact) mass is 320 g/mol. The molecular formula is C19H26F2N2. The Hall–Kier alpha value is -1.45. The third kappa shape index (κ3) is 4.30. The van der Waals surface area contributed by atoms with Crippen LogP contribution in [0.5, 0.6) is 0 Å². The molecule has 2 saturated carbocycles. The third-order valence-electron chi connectivity index (χ3n) is 5.03. The molecule has 0 spiro atoms. The molecule has 23 heavy (non-hydrogen) atoms. The van der Waals surface area contributed by atoms with Crippen molar-refractivity contribution in [3.63, 3.8) is 0 Å². The van der Waals surface area contributed by atoms with Crippen molar-refractivity contribution in [2.45, 2.75) is 76.3 Å². The first-order valence-corrected chi connectivity index (χ1v) is 9.03. The Morgan fingerprint density at radius 1 is 0.870 bits per heavy atom. The molecule has 0 amide bonds. The first-order chi connectivity index (χ1) is 11.2. The van der Waals surface area contributed by atoms with Crippen molar-refractivity contribution in [1.82, 2.24) is 5.32 Å². The zero-order valence-corrected chi connectivity index (χ0v) is 13.7. The lowest BCUT2D eigenvalue weighted by atomic mass is 9.94. The lowest BCUT2D eigenvalue weighted by molar-refractivity contribution is 0.408. The van der Waals surface area contributed by atoms with Gasteiger partial charge in [0.1, 0.15) is 17.5 Å². The highest BCUT2D eigenvalue weighted by Gasteiger charge is 2.22. The zero-order chi connectivity index (χ0) is 16.1. The minimum Gasteiger partial charge on any atom is -0.367 e. The average Bonchev–Trinajstić information content (AvgIpc) is 2.56. The van der Waals surface area contributed by atoms with E-state index in [0.717, 1.165) is 38.5 Å². The van der Waals surface area contributed by atoms with Crippen molar-refractivity contribution in [2.24, 2.45) is 4.99 Å². The van der Waals surface area contributed by atoms with Gasteiger partial charge in [0.05, 0.1) is 11.6 Å². The lowest BCUT2D eigenvalue weighted by Gasteiger charge is -2.27. The molecule has 4 heteroatoms. The first kappa shape index (κ1) is 16.4. The average molecular weight is 320 g/mol. The Morgan fingerprint density at radius 2 is 1.43 bits per heavy atom. The molecular weight excluding hydrogens is 294 g/mol. The Labute approximate surface area is 137 Å². The number of amidine groups is 1. The SMILES string of the molecule is Fc1cccc(F)c1C(=NC1CCCCC1)NC1CCCCC1. The number of aliphatic imine (C=N–C) groups is 1. The van der Waals surface area contributed by atoms with Gasteiger partial charge in [0, 0.05) is 6.04 Å². The van der Waals surface area contributed by atoms with Gasteiger partial charge in [-0.05, 0) is 37.8 Å². The van der Waals surface area contributed by atoms with Crippen molar-refractivity contribution in [1.29, 1.82) is 0 Å². The molecule has 3 rings (SSSR count). The van der Waals surface area contributed by atoms with Crippen LogP contribution in [0.1, 0.15) is 69.8 Å². The highest BCUT2D eigenvalue weighted by atomic mass is 19.1. The summed E-state index contributed by atoms with van der Waals surface area (Å²) in [5.41, 5.74) is 0.0173. The maximum atomic E-state index is 14.2. The normalized spacial score (nSPS) is 21.4. The van der Waals surface area contributed by atoms with E-state index in [0.29, 0.717) is 5.84 Å². The predicted octanol–water partition coefficient (Wildman–Crippen LogP) is 4.97. The third-order valence-corrected chi connectivity index (χ3v) is 5.03. The summed E-state index contributed by atoms with van der Waals surface area (Å²) in [4.78, 5) is 4.75. The van der Waals surface area contributed by atoms with Crippen molar-refractivity contribution in [3.8, 4) is 0 Å². The minimum absolute atomic E-state index is 0.0173. The summed E-state index contributed by atoms with van der Waals surface area (Å²) in [5, 5.41) is 3.37. The van der Waals surface area contributed by atoms with Gasteiger partial charge in [-0.2, -0.15) is 0 Å². The topological polar surface area (TPSA) is 24.4 Å². The summed E-state index contributed by atoms with van der Waals surface area (Å²) >= 11 is 0. The van der Waals surface area contributed by atoms with Crippen LogP contribution in [0, 0.1) is 11.6 Å².